The maximum absolute atomic E-state index is 12.8. The van der Waals surface area contributed by atoms with Crippen LogP contribution in [0.5, 0.6) is 0 Å². The van der Waals surface area contributed by atoms with Gasteiger partial charge in [0.25, 0.3) is 0 Å². The van der Waals surface area contributed by atoms with Gasteiger partial charge in [-0.05, 0) is 43.9 Å². The van der Waals surface area contributed by atoms with Crippen LogP contribution in [0.15, 0.2) is 18.2 Å². The highest BCUT2D eigenvalue weighted by molar-refractivity contribution is 7.99. The zero-order valence-electron chi connectivity index (χ0n) is 16.2. The molecule has 0 bridgehead atoms. The molecule has 0 radical (unpaired) electrons. The SMILES string of the molecule is CC[C@H](C(=O)NCCSC1CCCC1)N(c1cc(Cl)ccc1C)S(C)(=O)=O. The number of hydrogen-bond acceptors (Lipinski definition) is 4. The molecule has 1 aliphatic rings. The van der Waals surface area contributed by atoms with E-state index in [0.29, 0.717) is 28.9 Å². The van der Waals surface area contributed by atoms with Crippen molar-refractivity contribution in [3.05, 3.63) is 28.8 Å². The summed E-state index contributed by atoms with van der Waals surface area (Å²) in [6.07, 6.45) is 6.60. The van der Waals surface area contributed by atoms with Crippen LogP contribution in [0.2, 0.25) is 5.02 Å². The number of thioether (sulfide) groups is 1. The van der Waals surface area contributed by atoms with E-state index in [1.54, 1.807) is 18.2 Å². The molecule has 1 aromatic carbocycles. The van der Waals surface area contributed by atoms with E-state index in [0.717, 1.165) is 17.6 Å². The maximum Gasteiger partial charge on any atom is 0.243 e. The summed E-state index contributed by atoms with van der Waals surface area (Å²) in [6.45, 7) is 4.17. The van der Waals surface area contributed by atoms with Gasteiger partial charge >= 0.3 is 0 Å². The average molecular weight is 433 g/mol. The Morgan fingerprint density at radius 1 is 1.37 bits per heavy atom. The molecule has 1 atom stereocenters. The quantitative estimate of drug-likeness (QED) is 0.599. The molecule has 1 aliphatic carbocycles. The number of amides is 1. The van der Waals surface area contributed by atoms with Crippen LogP contribution in [-0.2, 0) is 14.8 Å². The Hall–Kier alpha value is -0.920. The second kappa shape index (κ2) is 10.0. The van der Waals surface area contributed by atoms with Crippen LogP contribution in [0.3, 0.4) is 0 Å². The lowest BCUT2D eigenvalue weighted by Gasteiger charge is -2.31. The van der Waals surface area contributed by atoms with Crippen LogP contribution < -0.4 is 9.62 Å². The molecule has 0 saturated heterocycles. The predicted octanol–water partition coefficient (Wildman–Crippen LogP) is 3.99. The van der Waals surface area contributed by atoms with E-state index in [-0.39, 0.29) is 5.91 Å². The standard InChI is InChI=1S/C19H29ClN2O3S2/c1-4-17(19(23)21-11-12-26-16-7-5-6-8-16)22(27(3,24)25)18-13-15(20)10-9-14(18)2/h9-10,13,16-17H,4-8,11-12H2,1-3H3,(H,21,23)/t17-/m1/s1. The van der Waals surface area contributed by atoms with Crippen molar-refractivity contribution in [1.82, 2.24) is 5.32 Å². The summed E-state index contributed by atoms with van der Waals surface area (Å²) in [5.74, 6) is 0.580. The molecule has 1 saturated carbocycles. The highest BCUT2D eigenvalue weighted by Gasteiger charge is 2.32. The van der Waals surface area contributed by atoms with Crippen molar-refractivity contribution < 1.29 is 13.2 Å². The second-order valence-corrected chi connectivity index (χ2v) is 10.7. The molecule has 0 spiro atoms. The number of nitrogens with zero attached hydrogens (tertiary/aromatic N) is 1. The minimum Gasteiger partial charge on any atom is -0.353 e. The van der Waals surface area contributed by atoms with Gasteiger partial charge in [-0.2, -0.15) is 11.8 Å². The first-order valence-corrected chi connectivity index (χ1v) is 12.7. The van der Waals surface area contributed by atoms with E-state index < -0.39 is 16.1 Å². The maximum atomic E-state index is 12.8. The van der Waals surface area contributed by atoms with Crippen LogP contribution in [0.4, 0.5) is 5.69 Å². The number of halogens is 1. The summed E-state index contributed by atoms with van der Waals surface area (Å²) >= 11 is 7.97. The highest BCUT2D eigenvalue weighted by Crippen LogP contribution is 2.30. The Labute approximate surface area is 172 Å². The first-order valence-electron chi connectivity index (χ1n) is 9.39. The minimum absolute atomic E-state index is 0.269. The molecule has 1 amide bonds. The van der Waals surface area contributed by atoms with Crippen molar-refractivity contribution in [2.75, 3.05) is 22.9 Å². The van der Waals surface area contributed by atoms with Gasteiger partial charge in [-0.3, -0.25) is 9.10 Å². The number of rotatable bonds is 9. The topological polar surface area (TPSA) is 66.5 Å². The lowest BCUT2D eigenvalue weighted by molar-refractivity contribution is -0.122. The van der Waals surface area contributed by atoms with Gasteiger partial charge in [-0.25, -0.2) is 8.42 Å². The molecule has 1 N–H and O–H groups in total. The Bertz CT molecular complexity index is 749. The van der Waals surface area contributed by atoms with Crippen LogP contribution in [0.1, 0.15) is 44.6 Å². The number of carbonyl (C=O) groups excluding carboxylic acids is 1. The van der Waals surface area contributed by atoms with Crippen LogP contribution >= 0.6 is 23.4 Å². The van der Waals surface area contributed by atoms with Crippen molar-refractivity contribution >= 4 is 45.0 Å². The number of aryl methyl sites for hydroxylation is 1. The summed E-state index contributed by atoms with van der Waals surface area (Å²) < 4.78 is 26.2. The lowest BCUT2D eigenvalue weighted by atomic mass is 10.1. The number of hydrogen-bond donors (Lipinski definition) is 1. The summed E-state index contributed by atoms with van der Waals surface area (Å²) in [4.78, 5) is 12.8. The van der Waals surface area contributed by atoms with E-state index in [9.17, 15) is 13.2 Å². The average Bonchev–Trinajstić information content (AvgIpc) is 3.11. The molecular formula is C19H29ClN2O3S2. The fourth-order valence-corrected chi connectivity index (χ4v) is 6.08. The minimum atomic E-state index is -3.65. The summed E-state index contributed by atoms with van der Waals surface area (Å²) in [5.41, 5.74) is 1.21. The van der Waals surface area contributed by atoms with Crippen LogP contribution in [0.25, 0.3) is 0 Å². The smallest absolute Gasteiger partial charge is 0.243 e. The molecule has 0 heterocycles. The third-order valence-electron chi connectivity index (χ3n) is 4.80. The van der Waals surface area contributed by atoms with Crippen molar-refractivity contribution in [2.24, 2.45) is 0 Å². The summed E-state index contributed by atoms with van der Waals surface area (Å²) in [5, 5.41) is 4.05. The Morgan fingerprint density at radius 3 is 2.63 bits per heavy atom. The van der Waals surface area contributed by atoms with E-state index in [1.165, 1.54) is 30.0 Å². The van der Waals surface area contributed by atoms with Gasteiger partial charge in [-0.15, -0.1) is 0 Å². The van der Waals surface area contributed by atoms with E-state index >= 15 is 0 Å². The van der Waals surface area contributed by atoms with Crippen molar-refractivity contribution in [3.8, 4) is 0 Å². The first kappa shape index (κ1) is 22.4. The summed E-state index contributed by atoms with van der Waals surface area (Å²) in [7, 11) is -3.65. The molecule has 27 heavy (non-hydrogen) atoms. The Balaban J connectivity index is 2.09. The van der Waals surface area contributed by atoms with E-state index in [4.69, 9.17) is 11.6 Å². The number of anilines is 1. The van der Waals surface area contributed by atoms with Crippen LogP contribution in [-0.4, -0.2) is 44.2 Å². The zero-order valence-corrected chi connectivity index (χ0v) is 18.6. The number of benzene rings is 1. The van der Waals surface area contributed by atoms with Gasteiger partial charge in [-0.1, -0.05) is 37.4 Å². The molecule has 2 rings (SSSR count). The largest absolute Gasteiger partial charge is 0.353 e. The molecular weight excluding hydrogens is 404 g/mol. The molecule has 1 aromatic rings. The predicted molar refractivity (Wildman–Crippen MR) is 115 cm³/mol. The second-order valence-electron chi connectivity index (χ2n) is 6.98. The molecule has 5 nitrogen and oxygen atoms in total. The molecule has 1 fully saturated rings. The van der Waals surface area contributed by atoms with Crippen LogP contribution in [0, 0.1) is 6.92 Å². The Morgan fingerprint density at radius 2 is 2.04 bits per heavy atom. The lowest BCUT2D eigenvalue weighted by Crippen LogP contribution is -2.50. The fourth-order valence-electron chi connectivity index (χ4n) is 3.43. The highest BCUT2D eigenvalue weighted by atomic mass is 35.5. The Kier molecular flexibility index (Phi) is 8.31. The van der Waals surface area contributed by atoms with Gasteiger partial charge in [0, 0.05) is 22.6 Å². The third-order valence-corrected chi connectivity index (χ3v) is 7.58. The van der Waals surface area contributed by atoms with E-state index in [1.807, 2.05) is 25.6 Å². The van der Waals surface area contributed by atoms with Gasteiger partial charge in [0.2, 0.25) is 15.9 Å². The van der Waals surface area contributed by atoms with Gasteiger partial charge in [0.05, 0.1) is 11.9 Å². The van der Waals surface area contributed by atoms with Crippen molar-refractivity contribution in [2.45, 2.75) is 57.2 Å². The van der Waals surface area contributed by atoms with E-state index in [2.05, 4.69) is 5.32 Å². The summed E-state index contributed by atoms with van der Waals surface area (Å²) in [6, 6.07) is 4.28. The molecule has 8 heteroatoms. The van der Waals surface area contributed by atoms with Crippen molar-refractivity contribution in [1.29, 1.82) is 0 Å². The third kappa shape index (κ3) is 6.29. The molecule has 152 valence electrons. The monoisotopic (exact) mass is 432 g/mol. The normalized spacial score (nSPS) is 16.3. The van der Waals surface area contributed by atoms with Gasteiger partial charge in [0.1, 0.15) is 6.04 Å². The zero-order chi connectivity index (χ0) is 20.0. The van der Waals surface area contributed by atoms with Crippen molar-refractivity contribution in [3.63, 3.8) is 0 Å². The number of nitrogens with one attached hydrogen (secondary N) is 1. The van der Waals surface area contributed by atoms with Gasteiger partial charge in [0.15, 0.2) is 0 Å². The molecule has 0 aromatic heterocycles. The fraction of sp³-hybridized carbons (Fsp3) is 0.632. The number of carbonyl (C=O) groups is 1. The molecule has 0 unspecified atom stereocenters. The first-order chi connectivity index (χ1) is 12.7. The molecule has 0 aliphatic heterocycles. The number of sulfonamides is 1. The van der Waals surface area contributed by atoms with Gasteiger partial charge < -0.3 is 5.32 Å².